The van der Waals surface area contributed by atoms with Crippen LogP contribution in [0.25, 0.3) is 0 Å². The van der Waals surface area contributed by atoms with Crippen molar-refractivity contribution in [3.05, 3.63) is 58.1 Å². The van der Waals surface area contributed by atoms with E-state index in [1.165, 1.54) is 23.8 Å². The first-order chi connectivity index (χ1) is 13.0. The van der Waals surface area contributed by atoms with Crippen LogP contribution in [-0.4, -0.2) is 47.9 Å². The number of nitrogens with zero attached hydrogens (tertiary/aromatic N) is 1. The Morgan fingerprint density at radius 2 is 1.85 bits per heavy atom. The molecule has 1 aliphatic rings. The van der Waals surface area contributed by atoms with Crippen LogP contribution in [-0.2, 0) is 4.79 Å². The number of benzene rings is 2. The fraction of sp³-hybridized carbons (Fsp3) is 0.263. The zero-order valence-corrected chi connectivity index (χ0v) is 17.1. The van der Waals surface area contributed by atoms with Gasteiger partial charge in [0.05, 0.1) is 19.8 Å². The predicted molar refractivity (Wildman–Crippen MR) is 106 cm³/mol. The zero-order valence-electron chi connectivity index (χ0n) is 14.7. The van der Waals surface area contributed by atoms with E-state index in [0.29, 0.717) is 27.3 Å². The van der Waals surface area contributed by atoms with Crippen LogP contribution in [0.2, 0.25) is 0 Å². The molecule has 0 saturated carbocycles. The molecule has 0 aromatic heterocycles. The molecule has 1 saturated heterocycles. The van der Waals surface area contributed by atoms with Crippen LogP contribution < -0.4 is 9.47 Å². The maximum atomic E-state index is 13.2. The van der Waals surface area contributed by atoms with Crippen molar-refractivity contribution >= 4 is 39.6 Å². The number of thioether (sulfide) groups is 1. The Labute approximate surface area is 169 Å². The number of hydrogen-bond donors (Lipinski definition) is 1. The van der Waals surface area contributed by atoms with E-state index in [0.717, 1.165) is 5.56 Å². The van der Waals surface area contributed by atoms with Gasteiger partial charge in [-0.2, -0.15) is 0 Å². The number of amides is 1. The molecule has 2 aromatic rings. The molecule has 2 atom stereocenters. The molecule has 0 bridgehead atoms. The summed E-state index contributed by atoms with van der Waals surface area (Å²) in [6, 6.07) is 11.4. The third-order valence-electron chi connectivity index (χ3n) is 4.32. The first kappa shape index (κ1) is 19.6. The van der Waals surface area contributed by atoms with Gasteiger partial charge in [-0.05, 0) is 45.8 Å². The Balaban J connectivity index is 2.03. The lowest BCUT2D eigenvalue weighted by Crippen LogP contribution is -2.43. The molecule has 1 aliphatic heterocycles. The van der Waals surface area contributed by atoms with Gasteiger partial charge in [0.1, 0.15) is 11.4 Å². The van der Waals surface area contributed by atoms with E-state index in [9.17, 15) is 14.7 Å². The van der Waals surface area contributed by atoms with E-state index in [2.05, 4.69) is 15.9 Å². The normalized spacial score (nSPS) is 19.0. The highest BCUT2D eigenvalue weighted by Gasteiger charge is 2.43. The van der Waals surface area contributed by atoms with Gasteiger partial charge in [-0.25, -0.2) is 4.79 Å². The molecule has 3 rings (SSSR count). The highest BCUT2D eigenvalue weighted by molar-refractivity contribution is 9.10. The maximum absolute atomic E-state index is 13.2. The van der Waals surface area contributed by atoms with Gasteiger partial charge in [-0.3, -0.25) is 4.79 Å². The minimum Gasteiger partial charge on any atom is -0.493 e. The summed E-state index contributed by atoms with van der Waals surface area (Å²) in [4.78, 5) is 26.4. The molecule has 0 radical (unpaired) electrons. The van der Waals surface area contributed by atoms with Gasteiger partial charge in [-0.15, -0.1) is 11.8 Å². The minimum atomic E-state index is -1.02. The van der Waals surface area contributed by atoms with Crippen LogP contribution in [0.1, 0.15) is 21.3 Å². The minimum absolute atomic E-state index is 0.310. The number of carboxylic acid groups (broad SMARTS) is 1. The molecule has 142 valence electrons. The molecule has 1 fully saturated rings. The van der Waals surface area contributed by atoms with Gasteiger partial charge in [0.15, 0.2) is 11.5 Å². The van der Waals surface area contributed by atoms with Crippen molar-refractivity contribution in [2.24, 2.45) is 0 Å². The zero-order chi connectivity index (χ0) is 19.6. The van der Waals surface area contributed by atoms with Crippen molar-refractivity contribution < 1.29 is 24.2 Å². The van der Waals surface area contributed by atoms with Gasteiger partial charge in [-0.1, -0.05) is 18.2 Å². The largest absolute Gasteiger partial charge is 0.493 e. The average molecular weight is 452 g/mol. The highest BCUT2D eigenvalue weighted by Crippen LogP contribution is 2.44. The van der Waals surface area contributed by atoms with E-state index in [4.69, 9.17) is 9.47 Å². The summed E-state index contributed by atoms with van der Waals surface area (Å²) in [5, 5.41) is 9.19. The fourth-order valence-corrected chi connectivity index (χ4v) is 4.85. The summed E-state index contributed by atoms with van der Waals surface area (Å²) in [5.41, 5.74) is 1.21. The second-order valence-electron chi connectivity index (χ2n) is 5.85. The van der Waals surface area contributed by atoms with Crippen LogP contribution in [0.4, 0.5) is 0 Å². The third-order valence-corrected chi connectivity index (χ3v) is 6.33. The maximum Gasteiger partial charge on any atom is 0.327 e. The summed E-state index contributed by atoms with van der Waals surface area (Å²) < 4.78 is 11.2. The SMILES string of the molecule is COc1ccc(C2SCC(C(=O)O)N2C(=O)c2ccccc2Br)cc1OC. The van der Waals surface area contributed by atoms with Crippen LogP contribution in [0.5, 0.6) is 11.5 Å². The smallest absolute Gasteiger partial charge is 0.327 e. The number of methoxy groups -OCH3 is 2. The second kappa shape index (κ2) is 8.22. The molecule has 0 spiro atoms. The summed E-state index contributed by atoms with van der Waals surface area (Å²) in [5.74, 6) is 0.0563. The van der Waals surface area contributed by atoms with Crippen LogP contribution >= 0.6 is 27.7 Å². The summed E-state index contributed by atoms with van der Waals surface area (Å²) >= 11 is 4.79. The van der Waals surface area contributed by atoms with E-state index in [1.807, 2.05) is 6.07 Å². The first-order valence-corrected chi connectivity index (χ1v) is 9.95. The summed E-state index contributed by atoms with van der Waals surface area (Å²) in [6.07, 6.45) is 0. The van der Waals surface area contributed by atoms with Crippen molar-refractivity contribution in [3.8, 4) is 11.5 Å². The van der Waals surface area contributed by atoms with Gasteiger partial charge in [0.2, 0.25) is 0 Å². The Morgan fingerprint density at radius 3 is 2.48 bits per heavy atom. The predicted octanol–water partition coefficient (Wildman–Crippen LogP) is 3.81. The standard InChI is InChI=1S/C19H18BrNO5S/c1-25-15-8-7-11(9-16(15)26-2)18-21(14(10-27-18)19(23)24)17(22)12-5-3-4-6-13(12)20/h3-9,14,18H,10H2,1-2H3,(H,23,24). The molecule has 27 heavy (non-hydrogen) atoms. The van der Waals surface area contributed by atoms with Crippen molar-refractivity contribution in [1.29, 1.82) is 0 Å². The van der Waals surface area contributed by atoms with E-state index >= 15 is 0 Å². The molecule has 1 heterocycles. The molecule has 8 heteroatoms. The number of ether oxygens (including phenoxy) is 2. The summed E-state index contributed by atoms with van der Waals surface area (Å²) in [6.45, 7) is 0. The van der Waals surface area contributed by atoms with Gasteiger partial charge in [0.25, 0.3) is 5.91 Å². The topological polar surface area (TPSA) is 76.1 Å². The molecular formula is C19H18BrNO5S. The average Bonchev–Trinajstić information content (AvgIpc) is 3.12. The monoisotopic (exact) mass is 451 g/mol. The Bertz CT molecular complexity index is 875. The molecule has 0 aliphatic carbocycles. The van der Waals surface area contributed by atoms with Crippen LogP contribution in [0.3, 0.4) is 0 Å². The van der Waals surface area contributed by atoms with Gasteiger partial charge >= 0.3 is 5.97 Å². The van der Waals surface area contributed by atoms with Crippen molar-refractivity contribution in [3.63, 3.8) is 0 Å². The molecule has 2 unspecified atom stereocenters. The molecule has 6 nitrogen and oxygen atoms in total. The number of halogens is 1. The third kappa shape index (κ3) is 3.77. The Morgan fingerprint density at radius 1 is 1.15 bits per heavy atom. The first-order valence-electron chi connectivity index (χ1n) is 8.11. The van der Waals surface area contributed by atoms with Crippen molar-refractivity contribution in [2.45, 2.75) is 11.4 Å². The molecule has 1 N–H and O–H groups in total. The highest BCUT2D eigenvalue weighted by atomic mass is 79.9. The number of carbonyl (C=O) groups is 2. The van der Waals surface area contributed by atoms with E-state index in [1.54, 1.807) is 43.5 Å². The summed E-state index contributed by atoms with van der Waals surface area (Å²) in [7, 11) is 3.08. The number of rotatable bonds is 5. The lowest BCUT2D eigenvalue weighted by molar-refractivity contribution is -0.141. The van der Waals surface area contributed by atoms with Crippen LogP contribution in [0, 0.1) is 0 Å². The molecule has 1 amide bonds. The van der Waals surface area contributed by atoms with Crippen molar-refractivity contribution in [2.75, 3.05) is 20.0 Å². The van der Waals surface area contributed by atoms with Gasteiger partial charge in [0, 0.05) is 10.2 Å². The van der Waals surface area contributed by atoms with Crippen LogP contribution in [0.15, 0.2) is 46.9 Å². The second-order valence-corrected chi connectivity index (χ2v) is 7.81. The van der Waals surface area contributed by atoms with E-state index < -0.39 is 17.4 Å². The number of carboxylic acids is 1. The van der Waals surface area contributed by atoms with Crippen molar-refractivity contribution in [1.82, 2.24) is 4.90 Å². The molecule has 2 aromatic carbocycles. The number of carbonyl (C=O) groups excluding carboxylic acids is 1. The molecular weight excluding hydrogens is 434 g/mol. The Hall–Kier alpha value is -2.19. The quantitative estimate of drug-likeness (QED) is 0.744. The fourth-order valence-electron chi connectivity index (χ4n) is 2.98. The van der Waals surface area contributed by atoms with Gasteiger partial charge < -0.3 is 19.5 Å². The number of aliphatic carboxylic acids is 1. The lowest BCUT2D eigenvalue weighted by atomic mass is 10.1. The lowest BCUT2D eigenvalue weighted by Gasteiger charge is -2.28. The Kier molecular flexibility index (Phi) is 5.96. The van der Waals surface area contributed by atoms with E-state index in [-0.39, 0.29) is 5.91 Å². The number of hydrogen-bond acceptors (Lipinski definition) is 5.